The maximum atomic E-state index is 12.7. The summed E-state index contributed by atoms with van der Waals surface area (Å²) in [6.07, 6.45) is 7.21. The summed E-state index contributed by atoms with van der Waals surface area (Å²) in [6, 6.07) is 8.86. The van der Waals surface area contributed by atoms with E-state index in [-0.39, 0.29) is 5.78 Å². The number of rotatable bonds is 11. The fraction of sp³-hybridized carbons (Fsp3) is 0.481. The maximum Gasteiger partial charge on any atom is 0.335 e. The molecule has 2 aromatic carbocycles. The molecule has 2 aromatic rings. The first-order valence-electron chi connectivity index (χ1n) is 11.6. The van der Waals surface area contributed by atoms with Crippen LogP contribution in [-0.4, -0.2) is 30.1 Å². The van der Waals surface area contributed by atoms with Gasteiger partial charge < -0.3 is 14.6 Å². The average molecular weight is 439 g/mol. The number of aryl methyl sites for hydroxylation is 1. The number of carbonyl (C=O) groups is 2. The molecule has 5 nitrogen and oxygen atoms in total. The van der Waals surface area contributed by atoms with Crippen LogP contribution in [0.1, 0.15) is 82.4 Å². The Bertz CT molecular complexity index is 957. The van der Waals surface area contributed by atoms with Crippen molar-refractivity contribution in [1.29, 1.82) is 0 Å². The summed E-state index contributed by atoms with van der Waals surface area (Å²) in [6.45, 7) is 6.92. The summed E-state index contributed by atoms with van der Waals surface area (Å²) in [5, 5.41) is 9.09. The van der Waals surface area contributed by atoms with E-state index in [1.165, 1.54) is 25.7 Å². The molecule has 0 bridgehead atoms. The van der Waals surface area contributed by atoms with Gasteiger partial charge in [0.15, 0.2) is 5.78 Å². The van der Waals surface area contributed by atoms with E-state index in [2.05, 4.69) is 0 Å². The number of hydrogen-bond acceptors (Lipinski definition) is 4. The van der Waals surface area contributed by atoms with E-state index < -0.39 is 5.97 Å². The van der Waals surface area contributed by atoms with Crippen molar-refractivity contribution in [3.05, 3.63) is 58.1 Å². The van der Waals surface area contributed by atoms with Crippen LogP contribution < -0.4 is 9.47 Å². The lowest BCUT2D eigenvalue weighted by Gasteiger charge is -2.15. The molecule has 0 saturated heterocycles. The fourth-order valence-electron chi connectivity index (χ4n) is 4.38. The number of aromatic carboxylic acids is 1. The smallest absolute Gasteiger partial charge is 0.335 e. The van der Waals surface area contributed by atoms with Crippen LogP contribution in [0.5, 0.6) is 11.5 Å². The van der Waals surface area contributed by atoms with Crippen molar-refractivity contribution in [3.63, 3.8) is 0 Å². The highest BCUT2D eigenvalue weighted by molar-refractivity contribution is 5.98. The third-order valence-electron chi connectivity index (χ3n) is 6.48. The van der Waals surface area contributed by atoms with Crippen LogP contribution >= 0.6 is 0 Å². The summed E-state index contributed by atoms with van der Waals surface area (Å²) in [7, 11) is 0. The van der Waals surface area contributed by atoms with Crippen molar-refractivity contribution >= 4 is 11.8 Å². The third-order valence-corrected chi connectivity index (χ3v) is 6.48. The number of carboxylic acid groups (broad SMARTS) is 1. The minimum atomic E-state index is -0.928. The molecule has 1 aliphatic carbocycles. The van der Waals surface area contributed by atoms with Crippen molar-refractivity contribution in [2.75, 3.05) is 13.2 Å². The number of carboxylic acids is 1. The van der Waals surface area contributed by atoms with E-state index in [1.807, 2.05) is 26.0 Å². The quantitative estimate of drug-likeness (QED) is 0.329. The van der Waals surface area contributed by atoms with Crippen molar-refractivity contribution in [3.8, 4) is 11.5 Å². The standard InChI is InChI=1S/C27H34O5/c1-18-16-22(10-11-23(18)27(29)30)31-14-6-7-15-32-26-13-12-24(19(2)20(26)3)25(28)17-21-8-4-5-9-21/h10-13,16,21H,4-9,14-15,17H2,1-3H3,(H,29,30). The Morgan fingerprint density at radius 1 is 0.906 bits per heavy atom. The summed E-state index contributed by atoms with van der Waals surface area (Å²) in [4.78, 5) is 23.8. The molecule has 0 spiro atoms. The Morgan fingerprint density at radius 2 is 1.56 bits per heavy atom. The van der Waals surface area contributed by atoms with Gasteiger partial charge in [0.05, 0.1) is 18.8 Å². The van der Waals surface area contributed by atoms with E-state index in [1.54, 1.807) is 25.1 Å². The van der Waals surface area contributed by atoms with Gasteiger partial charge in [-0.3, -0.25) is 4.79 Å². The lowest BCUT2D eigenvalue weighted by atomic mass is 9.92. The number of carbonyl (C=O) groups excluding carboxylic acids is 1. The van der Waals surface area contributed by atoms with Gasteiger partial charge in [0, 0.05) is 12.0 Å². The lowest BCUT2D eigenvalue weighted by molar-refractivity contribution is 0.0695. The number of ether oxygens (including phenoxy) is 2. The second-order valence-electron chi connectivity index (χ2n) is 8.82. The highest BCUT2D eigenvalue weighted by Gasteiger charge is 2.21. The molecular formula is C27H34O5. The zero-order valence-electron chi connectivity index (χ0n) is 19.4. The predicted molar refractivity (Wildman–Crippen MR) is 125 cm³/mol. The molecule has 172 valence electrons. The first kappa shape index (κ1) is 23.8. The number of Topliss-reactive ketones (excluding diaryl/α,β-unsaturated/α-hetero) is 1. The molecule has 1 N–H and O–H groups in total. The Kier molecular flexibility index (Phi) is 8.32. The Balaban J connectivity index is 1.43. The second kappa shape index (κ2) is 11.2. The second-order valence-corrected chi connectivity index (χ2v) is 8.82. The van der Waals surface area contributed by atoms with E-state index >= 15 is 0 Å². The van der Waals surface area contributed by atoms with Crippen LogP contribution in [0.4, 0.5) is 0 Å². The van der Waals surface area contributed by atoms with E-state index in [0.29, 0.717) is 42.4 Å². The van der Waals surface area contributed by atoms with Crippen LogP contribution in [0.25, 0.3) is 0 Å². The van der Waals surface area contributed by atoms with E-state index in [9.17, 15) is 9.59 Å². The maximum absolute atomic E-state index is 12.7. The van der Waals surface area contributed by atoms with Crippen molar-refractivity contribution in [1.82, 2.24) is 0 Å². The van der Waals surface area contributed by atoms with Gasteiger partial charge in [-0.05, 0) is 86.6 Å². The number of hydrogen-bond donors (Lipinski definition) is 1. The first-order chi connectivity index (χ1) is 15.4. The van der Waals surface area contributed by atoms with E-state index in [4.69, 9.17) is 14.6 Å². The van der Waals surface area contributed by atoms with Gasteiger partial charge in [0.25, 0.3) is 0 Å². The highest BCUT2D eigenvalue weighted by Crippen LogP contribution is 2.31. The van der Waals surface area contributed by atoms with Gasteiger partial charge in [0.2, 0.25) is 0 Å². The van der Waals surface area contributed by atoms with Crippen molar-refractivity contribution in [2.45, 2.75) is 65.7 Å². The van der Waals surface area contributed by atoms with Crippen molar-refractivity contribution < 1.29 is 24.2 Å². The first-order valence-corrected chi connectivity index (χ1v) is 11.6. The van der Waals surface area contributed by atoms with Gasteiger partial charge in [-0.15, -0.1) is 0 Å². The Hall–Kier alpha value is -2.82. The molecule has 1 fully saturated rings. The third kappa shape index (κ3) is 6.12. The van der Waals surface area contributed by atoms with Crippen LogP contribution in [0, 0.1) is 26.7 Å². The average Bonchev–Trinajstić information content (AvgIpc) is 3.26. The zero-order chi connectivity index (χ0) is 23.1. The number of unbranched alkanes of at least 4 members (excludes halogenated alkanes) is 1. The van der Waals surface area contributed by atoms with Crippen LogP contribution in [0.2, 0.25) is 0 Å². The molecule has 0 unspecified atom stereocenters. The van der Waals surface area contributed by atoms with Gasteiger partial charge in [-0.1, -0.05) is 25.7 Å². The zero-order valence-corrected chi connectivity index (χ0v) is 19.4. The normalized spacial score (nSPS) is 13.8. The Labute approximate surface area is 190 Å². The highest BCUT2D eigenvalue weighted by atomic mass is 16.5. The minimum Gasteiger partial charge on any atom is -0.494 e. The fourth-order valence-corrected chi connectivity index (χ4v) is 4.38. The predicted octanol–water partition coefficient (Wildman–Crippen LogP) is 6.31. The van der Waals surface area contributed by atoms with Crippen molar-refractivity contribution in [2.24, 2.45) is 5.92 Å². The van der Waals surface area contributed by atoms with E-state index in [0.717, 1.165) is 35.3 Å². The van der Waals surface area contributed by atoms with Crippen LogP contribution in [0.15, 0.2) is 30.3 Å². The topological polar surface area (TPSA) is 72.8 Å². The molecule has 1 saturated carbocycles. The molecule has 0 aromatic heterocycles. The summed E-state index contributed by atoms with van der Waals surface area (Å²) < 4.78 is 11.7. The number of ketones is 1. The molecule has 0 atom stereocenters. The number of benzene rings is 2. The molecule has 3 rings (SSSR count). The van der Waals surface area contributed by atoms with Gasteiger partial charge in [0.1, 0.15) is 11.5 Å². The minimum absolute atomic E-state index is 0.257. The van der Waals surface area contributed by atoms with Crippen LogP contribution in [0.3, 0.4) is 0 Å². The van der Waals surface area contributed by atoms with Gasteiger partial charge >= 0.3 is 5.97 Å². The summed E-state index contributed by atoms with van der Waals surface area (Å²) in [5.41, 5.74) is 3.87. The molecule has 1 aliphatic rings. The van der Waals surface area contributed by atoms with Gasteiger partial charge in [-0.25, -0.2) is 4.79 Å². The largest absolute Gasteiger partial charge is 0.494 e. The molecule has 5 heteroatoms. The van der Waals surface area contributed by atoms with Crippen LogP contribution in [-0.2, 0) is 0 Å². The summed E-state index contributed by atoms with van der Waals surface area (Å²) >= 11 is 0. The monoisotopic (exact) mass is 438 g/mol. The lowest BCUT2D eigenvalue weighted by Crippen LogP contribution is -2.09. The van der Waals surface area contributed by atoms with Gasteiger partial charge in [-0.2, -0.15) is 0 Å². The Morgan fingerprint density at radius 3 is 2.22 bits per heavy atom. The molecule has 0 heterocycles. The molecule has 0 aliphatic heterocycles. The summed E-state index contributed by atoms with van der Waals surface area (Å²) in [5.74, 6) is 1.40. The molecule has 32 heavy (non-hydrogen) atoms. The molecule has 0 amide bonds. The molecular weight excluding hydrogens is 404 g/mol. The SMILES string of the molecule is Cc1cc(OCCCCOc2ccc(C(=O)CC3CCCC3)c(C)c2C)ccc1C(=O)O. The molecule has 0 radical (unpaired) electrons.